The Balaban J connectivity index is 0.000000732. The lowest BCUT2D eigenvalue weighted by atomic mass is 10.1. The van der Waals surface area contributed by atoms with Crippen LogP contribution < -0.4 is 16.4 Å². The van der Waals surface area contributed by atoms with Crippen LogP contribution in [-0.2, 0) is 11.2 Å². The number of rotatable bonds is 9. The van der Waals surface area contributed by atoms with Crippen molar-refractivity contribution in [1.29, 1.82) is 0 Å². The smallest absolute Gasteiger partial charge is 0.319 e. The van der Waals surface area contributed by atoms with Crippen molar-refractivity contribution in [3.63, 3.8) is 0 Å². The van der Waals surface area contributed by atoms with E-state index < -0.39 is 5.79 Å². The summed E-state index contributed by atoms with van der Waals surface area (Å²) >= 11 is 0. The van der Waals surface area contributed by atoms with E-state index >= 15 is 0 Å². The van der Waals surface area contributed by atoms with Crippen LogP contribution in [0.1, 0.15) is 51.8 Å². The number of nitrogen functional groups attached to an aromatic ring is 1. The Bertz CT molecular complexity index is 1170. The summed E-state index contributed by atoms with van der Waals surface area (Å²) in [5.74, 6) is -1.12. The highest BCUT2D eigenvalue weighted by atomic mass is 16.5. The highest BCUT2D eigenvalue weighted by molar-refractivity contribution is 5.89. The second-order valence-corrected chi connectivity index (χ2v) is 9.92. The van der Waals surface area contributed by atoms with Gasteiger partial charge in [-0.3, -0.25) is 4.57 Å². The maximum atomic E-state index is 12.1. The standard InChI is InChI=1S/C23H32N8O2.C3H8O2/c1-3-16-6-4-7-17(12-16)29-23(32)25-10-5-11-30(2)13-18-8-9-19(33-18)31-15-28-20-21(24)26-14-27-22(20)31;1-3(2,4)5/h4,6-7,12,14-15,18-19H,3,5,8-11,13H2,1-2H3,(H2,24,26,27)(H2,25,29,32);4-5H,1-2H3. The third-order valence-corrected chi connectivity index (χ3v) is 5.89. The quantitative estimate of drug-likeness (QED) is 0.207. The summed E-state index contributed by atoms with van der Waals surface area (Å²) in [4.78, 5) is 27.0. The number of aromatic nitrogens is 4. The Morgan fingerprint density at radius 3 is 2.76 bits per heavy atom. The largest absolute Gasteiger partial charge is 0.382 e. The second-order valence-electron chi connectivity index (χ2n) is 9.92. The molecular weight excluding hydrogens is 488 g/mol. The molecule has 0 spiro atoms. The van der Waals surface area contributed by atoms with Gasteiger partial charge in [-0.1, -0.05) is 19.1 Å². The molecule has 4 rings (SSSR count). The predicted octanol–water partition coefficient (Wildman–Crippen LogP) is 2.50. The van der Waals surface area contributed by atoms with Crippen LogP contribution >= 0.6 is 0 Å². The number of fused-ring (bicyclic) bond motifs is 1. The normalized spacial score (nSPS) is 17.3. The first-order chi connectivity index (χ1) is 18.0. The summed E-state index contributed by atoms with van der Waals surface area (Å²) < 4.78 is 8.19. The van der Waals surface area contributed by atoms with Crippen LogP contribution in [0.5, 0.6) is 0 Å². The molecule has 1 aliphatic heterocycles. The van der Waals surface area contributed by atoms with Gasteiger partial charge in [-0.2, -0.15) is 0 Å². The number of hydrogen-bond donors (Lipinski definition) is 5. The number of carbonyl (C=O) groups excluding carboxylic acids is 1. The minimum absolute atomic E-state index is 0.0979. The van der Waals surface area contributed by atoms with Crippen LogP contribution in [0.15, 0.2) is 36.9 Å². The molecule has 38 heavy (non-hydrogen) atoms. The van der Waals surface area contributed by atoms with E-state index in [2.05, 4.69) is 50.5 Å². The zero-order valence-electron chi connectivity index (χ0n) is 22.6. The molecule has 1 fully saturated rings. The molecule has 0 aliphatic carbocycles. The number of amides is 2. The summed E-state index contributed by atoms with van der Waals surface area (Å²) in [5.41, 5.74) is 9.21. The summed E-state index contributed by atoms with van der Waals surface area (Å²) in [6.45, 7) is 7.00. The van der Waals surface area contributed by atoms with Crippen molar-refractivity contribution in [2.24, 2.45) is 0 Å². The van der Waals surface area contributed by atoms with Gasteiger partial charge in [0.2, 0.25) is 0 Å². The van der Waals surface area contributed by atoms with Gasteiger partial charge in [-0.15, -0.1) is 0 Å². The van der Waals surface area contributed by atoms with Crippen molar-refractivity contribution in [3.05, 3.63) is 42.5 Å². The number of carbonyl (C=O) groups is 1. The number of urea groups is 1. The number of nitrogens with one attached hydrogen (secondary N) is 2. The lowest BCUT2D eigenvalue weighted by Crippen LogP contribution is -2.34. The number of anilines is 2. The van der Waals surface area contributed by atoms with Crippen LogP contribution in [0.4, 0.5) is 16.3 Å². The Morgan fingerprint density at radius 1 is 1.26 bits per heavy atom. The summed E-state index contributed by atoms with van der Waals surface area (Å²) in [6.07, 6.45) is 6.88. The van der Waals surface area contributed by atoms with Crippen LogP contribution in [0.2, 0.25) is 0 Å². The zero-order valence-corrected chi connectivity index (χ0v) is 22.6. The van der Waals surface area contributed by atoms with E-state index in [9.17, 15) is 4.79 Å². The van der Waals surface area contributed by atoms with Crippen molar-refractivity contribution >= 4 is 28.7 Å². The number of hydrogen-bond acceptors (Lipinski definition) is 9. The summed E-state index contributed by atoms with van der Waals surface area (Å²) in [6, 6.07) is 7.73. The van der Waals surface area contributed by atoms with Crippen molar-refractivity contribution in [2.45, 2.75) is 64.6 Å². The number of benzene rings is 1. The molecule has 2 amide bonds. The van der Waals surface area contributed by atoms with Crippen molar-refractivity contribution in [2.75, 3.05) is 37.7 Å². The van der Waals surface area contributed by atoms with Gasteiger partial charge in [0.05, 0.1) is 12.4 Å². The molecule has 1 saturated heterocycles. The van der Waals surface area contributed by atoms with E-state index in [0.717, 1.165) is 44.5 Å². The van der Waals surface area contributed by atoms with E-state index in [0.29, 0.717) is 23.5 Å². The average molecular weight is 529 g/mol. The molecule has 0 bridgehead atoms. The van der Waals surface area contributed by atoms with Crippen LogP contribution in [-0.4, -0.2) is 79.2 Å². The third kappa shape index (κ3) is 9.21. The summed E-state index contributed by atoms with van der Waals surface area (Å²) in [7, 11) is 2.08. The van der Waals surface area contributed by atoms with Crippen molar-refractivity contribution in [3.8, 4) is 0 Å². The van der Waals surface area contributed by atoms with Crippen molar-refractivity contribution in [1.82, 2.24) is 29.7 Å². The topological polar surface area (TPSA) is 164 Å². The molecule has 6 N–H and O–H groups in total. The van der Waals surface area contributed by atoms with Gasteiger partial charge in [0, 0.05) is 18.8 Å². The SMILES string of the molecule is CC(C)(O)O.CCc1cccc(NC(=O)NCCCN(C)CC2CCC(n3cnc4c(N)ncnc43)O2)c1. The predicted molar refractivity (Wildman–Crippen MR) is 146 cm³/mol. The number of nitrogens with two attached hydrogens (primary N) is 1. The molecule has 1 aromatic carbocycles. The number of nitrogens with zero attached hydrogens (tertiary/aromatic N) is 5. The van der Waals surface area contributed by atoms with E-state index in [1.54, 1.807) is 6.33 Å². The van der Waals surface area contributed by atoms with Gasteiger partial charge in [-0.05, 0) is 70.8 Å². The monoisotopic (exact) mass is 528 g/mol. The number of aryl methyl sites for hydroxylation is 1. The average Bonchev–Trinajstić information content (AvgIpc) is 3.48. The molecule has 3 aromatic rings. The fourth-order valence-corrected chi connectivity index (χ4v) is 4.14. The Labute approximate surface area is 223 Å². The summed E-state index contributed by atoms with van der Waals surface area (Å²) in [5, 5.41) is 22.0. The first-order valence-corrected chi connectivity index (χ1v) is 12.9. The van der Waals surface area contributed by atoms with E-state index in [4.69, 9.17) is 20.7 Å². The van der Waals surface area contributed by atoms with Gasteiger partial charge < -0.3 is 36.2 Å². The Kier molecular flexibility index (Phi) is 10.4. The molecule has 12 nitrogen and oxygen atoms in total. The first-order valence-electron chi connectivity index (χ1n) is 12.9. The highest BCUT2D eigenvalue weighted by Crippen LogP contribution is 2.31. The fourth-order valence-electron chi connectivity index (χ4n) is 4.14. The molecule has 12 heteroatoms. The maximum Gasteiger partial charge on any atom is 0.319 e. The number of aliphatic hydroxyl groups is 2. The lowest BCUT2D eigenvalue weighted by molar-refractivity contribution is -0.127. The third-order valence-electron chi connectivity index (χ3n) is 5.89. The minimum atomic E-state index is -1.50. The van der Waals surface area contributed by atoms with Gasteiger partial charge >= 0.3 is 6.03 Å². The maximum absolute atomic E-state index is 12.1. The van der Waals surface area contributed by atoms with E-state index in [1.807, 2.05) is 22.8 Å². The van der Waals surface area contributed by atoms with Gasteiger partial charge in [0.1, 0.15) is 18.1 Å². The molecule has 208 valence electrons. The van der Waals surface area contributed by atoms with Gasteiger partial charge in [0.15, 0.2) is 17.3 Å². The van der Waals surface area contributed by atoms with Crippen molar-refractivity contribution < 1.29 is 19.7 Å². The molecule has 2 unspecified atom stereocenters. The molecule has 1 aliphatic rings. The molecule has 2 atom stereocenters. The first kappa shape index (κ1) is 29.2. The minimum Gasteiger partial charge on any atom is -0.382 e. The highest BCUT2D eigenvalue weighted by Gasteiger charge is 2.28. The Morgan fingerprint density at radius 2 is 2.03 bits per heavy atom. The van der Waals surface area contributed by atoms with Gasteiger partial charge in [-0.25, -0.2) is 19.7 Å². The zero-order chi connectivity index (χ0) is 27.7. The molecule has 3 heterocycles. The molecule has 0 radical (unpaired) electrons. The molecular formula is C26H40N8O4. The number of ether oxygens (including phenoxy) is 1. The number of imidazole rings is 1. The van der Waals surface area contributed by atoms with Gasteiger partial charge in [0.25, 0.3) is 0 Å². The second kappa shape index (κ2) is 13.5. The fraction of sp³-hybridized carbons (Fsp3) is 0.538. The van der Waals surface area contributed by atoms with E-state index in [-0.39, 0.29) is 18.4 Å². The molecule has 2 aromatic heterocycles. The Hall–Kier alpha value is -3.32. The van der Waals surface area contributed by atoms with Crippen LogP contribution in [0.3, 0.4) is 0 Å². The molecule has 0 saturated carbocycles. The lowest BCUT2D eigenvalue weighted by Gasteiger charge is -2.21. The van der Waals surface area contributed by atoms with E-state index in [1.165, 1.54) is 25.7 Å². The van der Waals surface area contributed by atoms with Crippen LogP contribution in [0.25, 0.3) is 11.2 Å². The number of likely N-dealkylation sites (N-methyl/N-ethyl adjacent to an activating group) is 1. The van der Waals surface area contributed by atoms with Crippen LogP contribution in [0, 0.1) is 0 Å².